The quantitative estimate of drug-likeness (QED) is 0.167. The first-order valence-electron chi connectivity index (χ1n) is 10.3. The van der Waals surface area contributed by atoms with Crippen molar-refractivity contribution in [1.29, 1.82) is 0 Å². The van der Waals surface area contributed by atoms with Gasteiger partial charge in [0.25, 0.3) is 17.5 Å². The first-order valence-corrected chi connectivity index (χ1v) is 10.3. The summed E-state index contributed by atoms with van der Waals surface area (Å²) < 4.78 is 5.21. The number of ketones is 1. The van der Waals surface area contributed by atoms with E-state index in [0.717, 1.165) is 6.07 Å². The zero-order valence-electron chi connectivity index (χ0n) is 17.7. The van der Waals surface area contributed by atoms with E-state index in [0.29, 0.717) is 16.0 Å². The lowest BCUT2D eigenvalue weighted by molar-refractivity contribution is -0.385. The molecule has 3 aromatic carbocycles. The van der Waals surface area contributed by atoms with Crippen LogP contribution in [0.2, 0.25) is 0 Å². The van der Waals surface area contributed by atoms with Crippen LogP contribution >= 0.6 is 0 Å². The number of hydrogen-bond donors (Lipinski definition) is 0. The highest BCUT2D eigenvalue weighted by Crippen LogP contribution is 2.32. The smallest absolute Gasteiger partial charge is 0.330 e. The standard InChI is InChI=1S/C25H18N2O7/c28-21(17-10-5-2-6-11-17)15-34-25(31)20(14-16-8-3-1-4-9-16)26-23(29)18-12-7-13-19(27(32)33)22(18)24(26)30/h1-13,20H,14-15H2. The maximum atomic E-state index is 13.2. The van der Waals surface area contributed by atoms with Crippen molar-refractivity contribution in [3.63, 3.8) is 0 Å². The van der Waals surface area contributed by atoms with Crippen LogP contribution in [0.25, 0.3) is 0 Å². The van der Waals surface area contributed by atoms with Crippen LogP contribution in [0.15, 0.2) is 78.9 Å². The molecule has 3 aromatic rings. The lowest BCUT2D eigenvalue weighted by Crippen LogP contribution is -2.47. The molecule has 34 heavy (non-hydrogen) atoms. The van der Waals surface area contributed by atoms with Crippen molar-refractivity contribution in [3.8, 4) is 0 Å². The Balaban J connectivity index is 1.64. The van der Waals surface area contributed by atoms with Crippen LogP contribution in [-0.4, -0.2) is 46.0 Å². The summed E-state index contributed by atoms with van der Waals surface area (Å²) in [4.78, 5) is 63.0. The zero-order chi connectivity index (χ0) is 24.2. The molecule has 0 aromatic heterocycles. The number of carbonyl (C=O) groups is 4. The van der Waals surface area contributed by atoms with Crippen molar-refractivity contribution in [2.24, 2.45) is 0 Å². The molecule has 1 aliphatic rings. The van der Waals surface area contributed by atoms with E-state index in [1.165, 1.54) is 12.1 Å². The van der Waals surface area contributed by atoms with Gasteiger partial charge in [0.1, 0.15) is 11.6 Å². The number of amides is 2. The number of nitro groups is 1. The summed E-state index contributed by atoms with van der Waals surface area (Å²) in [5.41, 5.74) is -0.0882. The third-order valence-electron chi connectivity index (χ3n) is 5.42. The minimum atomic E-state index is -1.42. The lowest BCUT2D eigenvalue weighted by atomic mass is 10.0. The van der Waals surface area contributed by atoms with Gasteiger partial charge in [-0.2, -0.15) is 0 Å². The number of rotatable bonds is 8. The molecule has 4 rings (SSSR count). The summed E-state index contributed by atoms with van der Waals surface area (Å²) in [7, 11) is 0. The third kappa shape index (κ3) is 4.31. The molecule has 1 heterocycles. The van der Waals surface area contributed by atoms with Gasteiger partial charge in [-0.3, -0.25) is 29.4 Å². The van der Waals surface area contributed by atoms with E-state index in [2.05, 4.69) is 0 Å². The molecule has 0 radical (unpaired) electrons. The van der Waals surface area contributed by atoms with Crippen LogP contribution < -0.4 is 0 Å². The number of fused-ring (bicyclic) bond motifs is 1. The monoisotopic (exact) mass is 458 g/mol. The second-order valence-electron chi connectivity index (χ2n) is 7.54. The summed E-state index contributed by atoms with van der Waals surface area (Å²) in [6, 6.07) is 19.1. The summed E-state index contributed by atoms with van der Waals surface area (Å²) in [5.74, 6) is -3.22. The third-order valence-corrected chi connectivity index (χ3v) is 5.42. The molecule has 0 aliphatic carbocycles. The van der Waals surface area contributed by atoms with E-state index in [9.17, 15) is 29.3 Å². The Hall–Kier alpha value is -4.66. The van der Waals surface area contributed by atoms with E-state index in [4.69, 9.17) is 4.74 Å². The minimum absolute atomic E-state index is 0.0849. The Bertz CT molecular complexity index is 1290. The molecule has 0 N–H and O–H groups in total. The van der Waals surface area contributed by atoms with E-state index in [1.54, 1.807) is 60.7 Å². The van der Waals surface area contributed by atoms with Gasteiger partial charge in [0.15, 0.2) is 12.4 Å². The van der Waals surface area contributed by atoms with E-state index in [1.807, 2.05) is 0 Å². The number of esters is 1. The molecule has 0 spiro atoms. The lowest BCUT2D eigenvalue weighted by Gasteiger charge is -2.24. The Morgan fingerprint density at radius 1 is 0.882 bits per heavy atom. The van der Waals surface area contributed by atoms with Crippen LogP contribution in [0.4, 0.5) is 5.69 Å². The maximum Gasteiger partial charge on any atom is 0.330 e. The largest absolute Gasteiger partial charge is 0.456 e. The number of nitro benzene ring substituents is 1. The predicted molar refractivity (Wildman–Crippen MR) is 119 cm³/mol. The molecule has 0 fully saturated rings. The van der Waals surface area contributed by atoms with Gasteiger partial charge in [0, 0.05) is 18.1 Å². The van der Waals surface area contributed by atoms with Gasteiger partial charge in [0.2, 0.25) is 0 Å². The second-order valence-corrected chi connectivity index (χ2v) is 7.54. The van der Waals surface area contributed by atoms with Crippen molar-refractivity contribution in [3.05, 3.63) is 111 Å². The summed E-state index contributed by atoms with van der Waals surface area (Å²) in [5, 5.41) is 11.4. The molecule has 170 valence electrons. The van der Waals surface area contributed by atoms with Gasteiger partial charge in [-0.15, -0.1) is 0 Å². The van der Waals surface area contributed by atoms with Crippen LogP contribution in [0.1, 0.15) is 36.6 Å². The normalized spacial score (nSPS) is 13.4. The summed E-state index contributed by atoms with van der Waals surface area (Å²) >= 11 is 0. The Kier molecular flexibility index (Phi) is 6.26. The fourth-order valence-electron chi connectivity index (χ4n) is 3.78. The fourth-order valence-corrected chi connectivity index (χ4v) is 3.78. The number of carbonyl (C=O) groups excluding carboxylic acids is 4. The SMILES string of the molecule is O=C(COC(=O)C(Cc1ccccc1)N1C(=O)c2cccc([N+](=O)[O-])c2C1=O)c1ccccc1. The number of hydrogen-bond acceptors (Lipinski definition) is 7. The van der Waals surface area contributed by atoms with Gasteiger partial charge < -0.3 is 4.74 Å². The first-order chi connectivity index (χ1) is 16.4. The first kappa shape index (κ1) is 22.5. The van der Waals surface area contributed by atoms with E-state index in [-0.39, 0.29) is 17.5 Å². The highest BCUT2D eigenvalue weighted by atomic mass is 16.6. The van der Waals surface area contributed by atoms with E-state index >= 15 is 0 Å². The van der Waals surface area contributed by atoms with E-state index < -0.39 is 46.8 Å². The molecule has 1 atom stereocenters. The average Bonchev–Trinajstić information content (AvgIpc) is 3.11. The molecule has 1 aliphatic heterocycles. The molecule has 0 bridgehead atoms. The number of imide groups is 1. The van der Waals surface area contributed by atoms with Gasteiger partial charge >= 0.3 is 5.97 Å². The summed E-state index contributed by atoms with van der Waals surface area (Å²) in [6.07, 6.45) is -0.0849. The minimum Gasteiger partial charge on any atom is -0.456 e. The Morgan fingerprint density at radius 2 is 1.53 bits per heavy atom. The number of ether oxygens (including phenoxy) is 1. The van der Waals surface area contributed by atoms with Crippen LogP contribution in [0.3, 0.4) is 0 Å². The van der Waals surface area contributed by atoms with Gasteiger partial charge in [-0.1, -0.05) is 66.7 Å². The van der Waals surface area contributed by atoms with Gasteiger partial charge in [0.05, 0.1) is 10.5 Å². The fraction of sp³-hybridized carbons (Fsp3) is 0.120. The molecule has 2 amide bonds. The molecule has 9 nitrogen and oxygen atoms in total. The molecule has 1 unspecified atom stereocenters. The topological polar surface area (TPSA) is 124 Å². The van der Waals surface area contributed by atoms with Gasteiger partial charge in [-0.05, 0) is 11.6 Å². The van der Waals surface area contributed by atoms with Crippen LogP contribution in [0, 0.1) is 10.1 Å². The highest BCUT2D eigenvalue weighted by Gasteiger charge is 2.47. The highest BCUT2D eigenvalue weighted by molar-refractivity contribution is 6.24. The van der Waals surface area contributed by atoms with Crippen LogP contribution in [-0.2, 0) is 16.0 Å². The Morgan fingerprint density at radius 3 is 2.18 bits per heavy atom. The molecular formula is C25H18N2O7. The number of benzene rings is 3. The molecule has 0 saturated heterocycles. The van der Waals surface area contributed by atoms with Crippen molar-refractivity contribution in [2.45, 2.75) is 12.5 Å². The maximum absolute atomic E-state index is 13.2. The van der Waals surface area contributed by atoms with Crippen molar-refractivity contribution < 1.29 is 28.8 Å². The van der Waals surface area contributed by atoms with Gasteiger partial charge in [-0.25, -0.2) is 4.79 Å². The second kappa shape index (κ2) is 9.45. The zero-order valence-corrected chi connectivity index (χ0v) is 17.7. The van der Waals surface area contributed by atoms with Crippen molar-refractivity contribution in [1.82, 2.24) is 4.90 Å². The molecule has 9 heteroatoms. The number of nitrogens with zero attached hydrogens (tertiary/aromatic N) is 2. The molecule has 0 saturated carbocycles. The van der Waals surface area contributed by atoms with Crippen molar-refractivity contribution >= 4 is 29.3 Å². The van der Waals surface area contributed by atoms with Crippen molar-refractivity contribution in [2.75, 3.05) is 6.61 Å². The molecular weight excluding hydrogens is 440 g/mol. The average molecular weight is 458 g/mol. The summed E-state index contributed by atoms with van der Waals surface area (Å²) in [6.45, 7) is -0.586. The Labute approximate surface area is 193 Å². The number of Topliss-reactive ketones (excluding diaryl/α,β-unsaturated/α-hetero) is 1. The van der Waals surface area contributed by atoms with Crippen LogP contribution in [0.5, 0.6) is 0 Å². The predicted octanol–water partition coefficient (Wildman–Crippen LogP) is 3.23.